The van der Waals surface area contributed by atoms with Crippen LogP contribution in [0.4, 0.5) is 21.5 Å². The molecule has 100 valence electrons. The molecule has 3 heteroatoms. The summed E-state index contributed by atoms with van der Waals surface area (Å²) >= 11 is 0. The molecule has 0 aromatic heterocycles. The van der Waals surface area contributed by atoms with Gasteiger partial charge < -0.3 is 10.6 Å². The summed E-state index contributed by atoms with van der Waals surface area (Å²) in [4.78, 5) is 1.95. The predicted octanol–water partition coefficient (Wildman–Crippen LogP) is 4.10. The number of halogens is 1. The summed E-state index contributed by atoms with van der Waals surface area (Å²) < 4.78 is 13.6. The molecule has 0 saturated carbocycles. The van der Waals surface area contributed by atoms with E-state index in [9.17, 15) is 4.39 Å². The van der Waals surface area contributed by atoms with Crippen molar-refractivity contribution >= 4 is 17.1 Å². The second-order valence-electron chi connectivity index (χ2n) is 4.98. The number of nitrogens with zero attached hydrogens (tertiary/aromatic N) is 1. The van der Waals surface area contributed by atoms with E-state index in [2.05, 4.69) is 32.9 Å². The molecule has 0 radical (unpaired) electrons. The quantitative estimate of drug-likeness (QED) is 0.822. The molecule has 2 N–H and O–H groups in total. The molecule has 0 saturated heterocycles. The molecule has 0 aliphatic rings. The highest BCUT2D eigenvalue weighted by atomic mass is 19.1. The first-order valence-electron chi connectivity index (χ1n) is 6.27. The molecule has 0 heterocycles. The highest BCUT2D eigenvalue weighted by Gasteiger charge is 2.14. The first-order valence-corrected chi connectivity index (χ1v) is 6.27. The first kappa shape index (κ1) is 13.4. The largest absolute Gasteiger partial charge is 0.395 e. The Morgan fingerprint density at radius 2 is 1.63 bits per heavy atom. The maximum atomic E-state index is 13.6. The summed E-state index contributed by atoms with van der Waals surface area (Å²) in [7, 11) is 1.91. The van der Waals surface area contributed by atoms with Crippen molar-refractivity contribution in [1.82, 2.24) is 0 Å². The lowest BCUT2D eigenvalue weighted by Crippen LogP contribution is -2.15. The van der Waals surface area contributed by atoms with E-state index >= 15 is 0 Å². The molecule has 0 spiro atoms. The Bertz CT molecular complexity index is 597. The minimum Gasteiger partial charge on any atom is -0.395 e. The van der Waals surface area contributed by atoms with Crippen LogP contribution >= 0.6 is 0 Å². The molecule has 2 rings (SSSR count). The van der Waals surface area contributed by atoms with Gasteiger partial charge in [0.1, 0.15) is 5.82 Å². The van der Waals surface area contributed by atoms with Crippen LogP contribution in [0.1, 0.15) is 16.7 Å². The number of nitrogens with two attached hydrogens (primary N) is 1. The predicted molar refractivity (Wildman–Crippen MR) is 79.5 cm³/mol. The average Bonchev–Trinajstić information content (AvgIpc) is 2.31. The van der Waals surface area contributed by atoms with Crippen LogP contribution in [0.2, 0.25) is 0 Å². The third-order valence-electron chi connectivity index (χ3n) is 3.36. The smallest absolute Gasteiger partial charge is 0.148 e. The number of rotatable bonds is 2. The Balaban J connectivity index is 2.56. The fourth-order valence-corrected chi connectivity index (χ4v) is 2.64. The van der Waals surface area contributed by atoms with E-state index in [4.69, 9.17) is 5.73 Å². The Kier molecular flexibility index (Phi) is 3.47. The second-order valence-corrected chi connectivity index (χ2v) is 4.98. The minimum atomic E-state index is -0.383. The van der Waals surface area contributed by atoms with Gasteiger partial charge in [-0.3, -0.25) is 0 Å². The molecule has 0 fully saturated rings. The van der Waals surface area contributed by atoms with E-state index in [1.807, 2.05) is 18.0 Å². The van der Waals surface area contributed by atoms with Crippen LogP contribution in [-0.2, 0) is 0 Å². The van der Waals surface area contributed by atoms with Gasteiger partial charge in [-0.15, -0.1) is 0 Å². The van der Waals surface area contributed by atoms with E-state index in [1.165, 1.54) is 11.6 Å². The number of hydrogen-bond donors (Lipinski definition) is 1. The number of aryl methyl sites for hydroxylation is 3. The third-order valence-corrected chi connectivity index (χ3v) is 3.36. The zero-order valence-electron chi connectivity index (χ0n) is 11.8. The van der Waals surface area contributed by atoms with E-state index in [-0.39, 0.29) is 11.5 Å². The van der Waals surface area contributed by atoms with Gasteiger partial charge in [-0.25, -0.2) is 4.39 Å². The van der Waals surface area contributed by atoms with E-state index in [0.717, 1.165) is 16.8 Å². The fourth-order valence-electron chi connectivity index (χ4n) is 2.64. The molecule has 0 aliphatic carbocycles. The molecular formula is C16H19FN2. The van der Waals surface area contributed by atoms with Gasteiger partial charge in [-0.1, -0.05) is 23.8 Å². The van der Waals surface area contributed by atoms with Crippen molar-refractivity contribution in [2.45, 2.75) is 20.8 Å². The van der Waals surface area contributed by atoms with Crippen molar-refractivity contribution in [1.29, 1.82) is 0 Å². The van der Waals surface area contributed by atoms with Crippen LogP contribution in [0.5, 0.6) is 0 Å². The molecule has 0 amide bonds. The molecular weight excluding hydrogens is 239 g/mol. The van der Waals surface area contributed by atoms with Gasteiger partial charge >= 0.3 is 0 Å². The van der Waals surface area contributed by atoms with Crippen LogP contribution in [0.25, 0.3) is 0 Å². The SMILES string of the molecule is Cc1cc(C)c(N(C)c2cccc(F)c2N)c(C)c1. The Labute approximate surface area is 113 Å². The van der Waals surface area contributed by atoms with Crippen LogP contribution in [0, 0.1) is 26.6 Å². The topological polar surface area (TPSA) is 29.3 Å². The van der Waals surface area contributed by atoms with Gasteiger partial charge in [0.2, 0.25) is 0 Å². The molecule has 0 bridgehead atoms. The summed E-state index contributed by atoms with van der Waals surface area (Å²) in [6.45, 7) is 6.18. The lowest BCUT2D eigenvalue weighted by atomic mass is 10.0. The molecule has 2 aromatic rings. The summed E-state index contributed by atoms with van der Waals surface area (Å²) in [5, 5.41) is 0. The zero-order valence-corrected chi connectivity index (χ0v) is 11.8. The van der Waals surface area contributed by atoms with Gasteiger partial charge in [0.05, 0.1) is 11.4 Å². The lowest BCUT2D eigenvalue weighted by molar-refractivity contribution is 0.632. The number of para-hydroxylation sites is 1. The van der Waals surface area contributed by atoms with E-state index in [0.29, 0.717) is 5.69 Å². The monoisotopic (exact) mass is 258 g/mol. The van der Waals surface area contributed by atoms with Gasteiger partial charge in [-0.05, 0) is 44.0 Å². The summed E-state index contributed by atoms with van der Waals surface area (Å²) in [6, 6.07) is 9.12. The lowest BCUT2D eigenvalue weighted by Gasteiger charge is -2.25. The average molecular weight is 258 g/mol. The van der Waals surface area contributed by atoms with Gasteiger partial charge in [0.15, 0.2) is 0 Å². The van der Waals surface area contributed by atoms with Crippen molar-refractivity contribution in [2.75, 3.05) is 17.7 Å². The highest BCUT2D eigenvalue weighted by Crippen LogP contribution is 2.34. The van der Waals surface area contributed by atoms with E-state index < -0.39 is 0 Å². The van der Waals surface area contributed by atoms with Crippen molar-refractivity contribution in [3.8, 4) is 0 Å². The number of benzene rings is 2. The van der Waals surface area contributed by atoms with Crippen LogP contribution in [0.3, 0.4) is 0 Å². The summed E-state index contributed by atoms with van der Waals surface area (Å²) in [6.07, 6.45) is 0. The Morgan fingerprint density at radius 1 is 1.05 bits per heavy atom. The number of nitrogen functional groups attached to an aromatic ring is 1. The summed E-state index contributed by atoms with van der Waals surface area (Å²) in [5.74, 6) is -0.383. The molecule has 2 nitrogen and oxygen atoms in total. The fraction of sp³-hybridized carbons (Fsp3) is 0.250. The number of anilines is 3. The van der Waals surface area contributed by atoms with Crippen LogP contribution in [0.15, 0.2) is 30.3 Å². The Morgan fingerprint density at radius 3 is 2.21 bits per heavy atom. The van der Waals surface area contributed by atoms with Gasteiger partial charge in [0, 0.05) is 12.7 Å². The molecule has 0 atom stereocenters. The van der Waals surface area contributed by atoms with Crippen LogP contribution in [-0.4, -0.2) is 7.05 Å². The second kappa shape index (κ2) is 4.92. The van der Waals surface area contributed by atoms with Crippen molar-refractivity contribution in [3.63, 3.8) is 0 Å². The first-order chi connectivity index (χ1) is 8.91. The highest BCUT2D eigenvalue weighted by molar-refractivity contribution is 5.77. The Hall–Kier alpha value is -2.03. The summed E-state index contributed by atoms with van der Waals surface area (Å²) in [5.41, 5.74) is 11.3. The molecule has 19 heavy (non-hydrogen) atoms. The maximum absolute atomic E-state index is 13.6. The van der Waals surface area contributed by atoms with E-state index in [1.54, 1.807) is 6.07 Å². The molecule has 0 aliphatic heterocycles. The number of hydrogen-bond acceptors (Lipinski definition) is 2. The molecule has 0 unspecified atom stereocenters. The van der Waals surface area contributed by atoms with Gasteiger partial charge in [-0.2, -0.15) is 0 Å². The van der Waals surface area contributed by atoms with Crippen LogP contribution < -0.4 is 10.6 Å². The van der Waals surface area contributed by atoms with Gasteiger partial charge in [0.25, 0.3) is 0 Å². The van der Waals surface area contributed by atoms with Crippen molar-refractivity contribution < 1.29 is 4.39 Å². The maximum Gasteiger partial charge on any atom is 0.148 e. The minimum absolute atomic E-state index is 0.185. The zero-order chi connectivity index (χ0) is 14.2. The standard InChI is InChI=1S/C16H19FN2/c1-10-8-11(2)16(12(3)9-10)19(4)14-7-5-6-13(17)15(14)18/h5-9H,18H2,1-4H3. The third kappa shape index (κ3) is 2.41. The molecule has 2 aromatic carbocycles. The van der Waals surface area contributed by atoms with Crippen molar-refractivity contribution in [2.24, 2.45) is 0 Å². The normalized spacial score (nSPS) is 10.6. The van der Waals surface area contributed by atoms with Crippen molar-refractivity contribution in [3.05, 3.63) is 52.8 Å².